The smallest absolute Gasteiger partial charge is 0.427 e. The van der Waals surface area contributed by atoms with Crippen LogP contribution in [0.15, 0.2) is 0 Å². The fraction of sp³-hybridized carbons (Fsp3) is 1.00. The van der Waals surface area contributed by atoms with Crippen LogP contribution in [0, 0.1) is 0 Å². The molecule has 0 radical (unpaired) electrons. The Labute approximate surface area is 110 Å². The number of hydrogen-bond acceptors (Lipinski definition) is 5. The maximum Gasteiger partial charge on any atom is 0.451 e. The molecule has 0 aromatic carbocycles. The van der Waals surface area contributed by atoms with Crippen LogP contribution < -0.4 is 5.73 Å². The molecule has 0 aromatic heterocycles. The third kappa shape index (κ3) is 6.16. The van der Waals surface area contributed by atoms with Crippen LogP contribution >= 0.6 is 0 Å². The van der Waals surface area contributed by atoms with E-state index < -0.39 is 7.12 Å². The van der Waals surface area contributed by atoms with Crippen LogP contribution in [0.3, 0.4) is 0 Å². The van der Waals surface area contributed by atoms with Gasteiger partial charge in [-0.3, -0.25) is 4.90 Å². The fourth-order valence-electron chi connectivity index (χ4n) is 2.61. The molecule has 0 amide bonds. The SMILES string of the molecule is NC(CCCCB(O)O)CCN1CCC[C@H]1CO. The Balaban J connectivity index is 2.04. The van der Waals surface area contributed by atoms with Crippen molar-refractivity contribution in [1.82, 2.24) is 4.90 Å². The molecule has 1 aliphatic rings. The van der Waals surface area contributed by atoms with Gasteiger partial charge in [0.1, 0.15) is 0 Å². The van der Waals surface area contributed by atoms with Gasteiger partial charge in [0.25, 0.3) is 0 Å². The average molecular weight is 258 g/mol. The molecule has 6 heteroatoms. The minimum Gasteiger partial charge on any atom is -0.427 e. The molecule has 0 spiro atoms. The number of nitrogens with two attached hydrogens (primary N) is 1. The zero-order valence-corrected chi connectivity index (χ0v) is 11.2. The second kappa shape index (κ2) is 8.88. The highest BCUT2D eigenvalue weighted by Gasteiger charge is 2.23. The Bertz CT molecular complexity index is 219. The Morgan fingerprint density at radius 2 is 2.06 bits per heavy atom. The zero-order valence-electron chi connectivity index (χ0n) is 11.2. The highest BCUT2D eigenvalue weighted by Crippen LogP contribution is 2.17. The summed E-state index contributed by atoms with van der Waals surface area (Å²) < 4.78 is 0. The van der Waals surface area contributed by atoms with Crippen molar-refractivity contribution in [1.29, 1.82) is 0 Å². The lowest BCUT2D eigenvalue weighted by molar-refractivity contribution is 0.155. The van der Waals surface area contributed by atoms with Crippen LogP contribution in [0.4, 0.5) is 0 Å². The van der Waals surface area contributed by atoms with Gasteiger partial charge in [-0.25, -0.2) is 0 Å². The van der Waals surface area contributed by atoms with Gasteiger partial charge in [0.15, 0.2) is 0 Å². The highest BCUT2D eigenvalue weighted by molar-refractivity contribution is 6.40. The second-order valence-electron chi connectivity index (χ2n) is 5.33. The van der Waals surface area contributed by atoms with E-state index in [0.29, 0.717) is 12.4 Å². The van der Waals surface area contributed by atoms with Crippen molar-refractivity contribution in [2.75, 3.05) is 19.7 Å². The summed E-state index contributed by atoms with van der Waals surface area (Å²) in [5.41, 5.74) is 6.04. The summed E-state index contributed by atoms with van der Waals surface area (Å²) >= 11 is 0. The molecule has 0 bridgehead atoms. The molecule has 5 N–H and O–H groups in total. The van der Waals surface area contributed by atoms with Crippen molar-refractivity contribution in [2.45, 2.75) is 56.9 Å². The first-order valence-corrected chi connectivity index (χ1v) is 7.10. The van der Waals surface area contributed by atoms with Gasteiger partial charge in [-0.15, -0.1) is 0 Å². The lowest BCUT2D eigenvalue weighted by Gasteiger charge is -2.24. The molecule has 1 aliphatic heterocycles. The van der Waals surface area contributed by atoms with Gasteiger partial charge in [-0.1, -0.05) is 12.8 Å². The van der Waals surface area contributed by atoms with Gasteiger partial charge in [0.05, 0.1) is 6.61 Å². The van der Waals surface area contributed by atoms with Crippen molar-refractivity contribution in [3.05, 3.63) is 0 Å². The van der Waals surface area contributed by atoms with Gasteiger partial charge in [-0.2, -0.15) is 0 Å². The van der Waals surface area contributed by atoms with E-state index in [1.807, 2.05) is 0 Å². The number of nitrogens with zero attached hydrogens (tertiary/aromatic N) is 1. The van der Waals surface area contributed by atoms with Crippen molar-refractivity contribution in [3.63, 3.8) is 0 Å². The summed E-state index contributed by atoms with van der Waals surface area (Å²) in [6, 6.07) is 0.516. The standard InChI is InChI=1S/C12H27BN2O3/c14-11(4-1-2-7-13(17)18)6-9-15-8-3-5-12(15)10-16/h11-12,16-18H,1-10,14H2/t11?,12-/m0/s1. The van der Waals surface area contributed by atoms with Gasteiger partial charge in [-0.05, 0) is 45.1 Å². The van der Waals surface area contributed by atoms with Crippen LogP contribution in [-0.2, 0) is 0 Å². The Kier molecular flexibility index (Phi) is 7.85. The summed E-state index contributed by atoms with van der Waals surface area (Å²) in [7, 11) is -1.18. The van der Waals surface area contributed by atoms with Crippen LogP contribution in [0.1, 0.15) is 38.5 Å². The van der Waals surface area contributed by atoms with E-state index in [-0.39, 0.29) is 12.6 Å². The topological polar surface area (TPSA) is 90.0 Å². The number of rotatable bonds is 9. The molecule has 0 aliphatic carbocycles. The Hall–Kier alpha value is -0.135. The minimum atomic E-state index is -1.18. The van der Waals surface area contributed by atoms with Crippen molar-refractivity contribution in [2.24, 2.45) is 5.73 Å². The van der Waals surface area contributed by atoms with E-state index in [1.165, 1.54) is 6.42 Å². The van der Waals surface area contributed by atoms with Gasteiger partial charge >= 0.3 is 7.12 Å². The number of hydrogen-bond donors (Lipinski definition) is 4. The number of aliphatic hydroxyl groups excluding tert-OH is 1. The Morgan fingerprint density at radius 1 is 1.28 bits per heavy atom. The van der Waals surface area contributed by atoms with Crippen LogP contribution in [0.5, 0.6) is 0 Å². The molecule has 18 heavy (non-hydrogen) atoms. The highest BCUT2D eigenvalue weighted by atomic mass is 16.4. The molecule has 2 atom stereocenters. The average Bonchev–Trinajstić information content (AvgIpc) is 2.79. The summed E-state index contributed by atoms with van der Waals surface area (Å²) in [6.45, 7) is 2.30. The third-order valence-corrected chi connectivity index (χ3v) is 3.78. The molecule has 1 rings (SSSR count). The molecule has 1 fully saturated rings. The van der Waals surface area contributed by atoms with Crippen molar-refractivity contribution < 1.29 is 15.2 Å². The van der Waals surface area contributed by atoms with Crippen molar-refractivity contribution >= 4 is 7.12 Å². The van der Waals surface area contributed by atoms with Crippen LogP contribution in [0.25, 0.3) is 0 Å². The van der Waals surface area contributed by atoms with E-state index in [9.17, 15) is 5.11 Å². The van der Waals surface area contributed by atoms with Gasteiger partial charge < -0.3 is 20.9 Å². The largest absolute Gasteiger partial charge is 0.451 e. The molecule has 106 valence electrons. The zero-order chi connectivity index (χ0) is 13.4. The molecule has 0 aromatic rings. The normalized spacial score (nSPS) is 22.3. The molecule has 1 unspecified atom stereocenters. The van der Waals surface area contributed by atoms with E-state index in [1.54, 1.807) is 0 Å². The maximum absolute atomic E-state index is 9.21. The minimum absolute atomic E-state index is 0.181. The molecule has 1 heterocycles. The maximum atomic E-state index is 9.21. The second-order valence-corrected chi connectivity index (χ2v) is 5.33. The predicted molar refractivity (Wildman–Crippen MR) is 73.1 cm³/mol. The van der Waals surface area contributed by atoms with Gasteiger partial charge in [0, 0.05) is 12.1 Å². The summed E-state index contributed by atoms with van der Waals surface area (Å²) in [4.78, 5) is 2.33. The van der Waals surface area contributed by atoms with Crippen LogP contribution in [0.2, 0.25) is 6.32 Å². The fourth-order valence-corrected chi connectivity index (χ4v) is 2.61. The number of unbranched alkanes of at least 4 members (excludes halogenated alkanes) is 1. The van der Waals surface area contributed by atoms with E-state index >= 15 is 0 Å². The van der Waals surface area contributed by atoms with Crippen LogP contribution in [-0.4, -0.2) is 59.0 Å². The number of likely N-dealkylation sites (tertiary alicyclic amines) is 1. The molecular weight excluding hydrogens is 231 g/mol. The third-order valence-electron chi connectivity index (χ3n) is 3.78. The first kappa shape index (κ1) is 15.9. The summed E-state index contributed by atoms with van der Waals surface area (Å²) in [5.74, 6) is 0. The molecule has 5 nitrogen and oxygen atoms in total. The van der Waals surface area contributed by atoms with Gasteiger partial charge in [0.2, 0.25) is 0 Å². The van der Waals surface area contributed by atoms with E-state index in [4.69, 9.17) is 15.8 Å². The lowest BCUT2D eigenvalue weighted by Crippen LogP contribution is -2.36. The molecular formula is C12H27BN2O3. The first-order chi connectivity index (χ1) is 8.63. The first-order valence-electron chi connectivity index (χ1n) is 7.10. The van der Waals surface area contributed by atoms with Crippen molar-refractivity contribution in [3.8, 4) is 0 Å². The summed E-state index contributed by atoms with van der Waals surface area (Å²) in [6.07, 6.45) is 6.36. The predicted octanol–water partition coefficient (Wildman–Crippen LogP) is -0.196. The van der Waals surface area contributed by atoms with E-state index in [2.05, 4.69) is 4.90 Å². The number of aliphatic hydroxyl groups is 1. The van der Waals surface area contributed by atoms with E-state index in [0.717, 1.165) is 45.2 Å². The molecule has 1 saturated heterocycles. The lowest BCUT2D eigenvalue weighted by atomic mass is 9.83. The summed E-state index contributed by atoms with van der Waals surface area (Å²) in [5, 5.41) is 26.6. The quantitative estimate of drug-likeness (QED) is 0.340. The Morgan fingerprint density at radius 3 is 2.72 bits per heavy atom. The molecule has 0 saturated carbocycles. The monoisotopic (exact) mass is 258 g/mol.